The van der Waals surface area contributed by atoms with Gasteiger partial charge in [0.15, 0.2) is 0 Å². The number of hydrogen-bond acceptors (Lipinski definition) is 1. The maximum atomic E-state index is 13.5. The minimum absolute atomic E-state index is 0.00358. The molecule has 0 radical (unpaired) electrons. The Hall–Kier alpha value is -0.800. The van der Waals surface area contributed by atoms with Crippen LogP contribution in [0.25, 0.3) is 0 Å². The molecule has 1 atom stereocenters. The minimum Gasteiger partial charge on any atom is -0.338 e. The Labute approximate surface area is 104 Å². The van der Waals surface area contributed by atoms with Gasteiger partial charge in [0.25, 0.3) is 5.91 Å². The summed E-state index contributed by atoms with van der Waals surface area (Å²) >= 11 is 11.2. The number of hydrogen-bond donors (Lipinski definition) is 0. The predicted molar refractivity (Wildman–Crippen MR) is 63.7 cm³/mol. The van der Waals surface area contributed by atoms with E-state index >= 15 is 0 Å². The van der Waals surface area contributed by atoms with Gasteiger partial charge in [0.05, 0.1) is 5.56 Å². The topological polar surface area (TPSA) is 20.3 Å². The lowest BCUT2D eigenvalue weighted by Gasteiger charge is -2.23. The number of halogens is 3. The zero-order valence-corrected chi connectivity index (χ0v) is 10.5. The first-order valence-corrected chi connectivity index (χ1v) is 5.66. The molecule has 16 heavy (non-hydrogen) atoms. The summed E-state index contributed by atoms with van der Waals surface area (Å²) in [7, 11) is 1.59. The number of nitrogens with zero attached hydrogens (tertiary/aromatic N) is 1. The molecule has 1 aromatic carbocycles. The van der Waals surface area contributed by atoms with Gasteiger partial charge in [-0.15, -0.1) is 11.6 Å². The van der Waals surface area contributed by atoms with Crippen LogP contribution in [0.1, 0.15) is 17.3 Å². The first kappa shape index (κ1) is 13.3. The summed E-state index contributed by atoms with van der Waals surface area (Å²) in [6, 6.07) is 3.83. The van der Waals surface area contributed by atoms with Crippen molar-refractivity contribution in [1.82, 2.24) is 4.90 Å². The lowest BCUT2D eigenvalue weighted by Crippen LogP contribution is -2.36. The molecule has 5 heteroatoms. The van der Waals surface area contributed by atoms with Crippen molar-refractivity contribution in [3.8, 4) is 0 Å². The highest BCUT2D eigenvalue weighted by Gasteiger charge is 2.19. The molecule has 0 fully saturated rings. The van der Waals surface area contributed by atoms with Crippen molar-refractivity contribution < 1.29 is 9.18 Å². The van der Waals surface area contributed by atoms with Crippen LogP contribution in [-0.2, 0) is 0 Å². The second-order valence-corrected chi connectivity index (χ2v) is 4.29. The van der Waals surface area contributed by atoms with Gasteiger partial charge in [0.1, 0.15) is 5.82 Å². The van der Waals surface area contributed by atoms with Crippen LogP contribution < -0.4 is 0 Å². The Morgan fingerprint density at radius 1 is 1.56 bits per heavy atom. The molecule has 0 aliphatic rings. The van der Waals surface area contributed by atoms with E-state index in [1.54, 1.807) is 14.0 Å². The minimum atomic E-state index is -0.619. The van der Waals surface area contributed by atoms with Gasteiger partial charge in [0.2, 0.25) is 0 Å². The van der Waals surface area contributed by atoms with Crippen molar-refractivity contribution in [1.29, 1.82) is 0 Å². The molecule has 0 aliphatic heterocycles. The molecule has 0 N–H and O–H groups in total. The van der Waals surface area contributed by atoms with Crippen molar-refractivity contribution in [2.75, 3.05) is 12.9 Å². The fourth-order valence-electron chi connectivity index (χ4n) is 1.16. The van der Waals surface area contributed by atoms with Gasteiger partial charge in [-0.05, 0) is 25.1 Å². The van der Waals surface area contributed by atoms with Gasteiger partial charge < -0.3 is 4.90 Å². The number of carbonyl (C=O) groups is 1. The van der Waals surface area contributed by atoms with E-state index < -0.39 is 11.7 Å². The zero-order valence-electron chi connectivity index (χ0n) is 9.01. The van der Waals surface area contributed by atoms with Crippen molar-refractivity contribution in [2.24, 2.45) is 0 Å². The van der Waals surface area contributed by atoms with E-state index in [0.717, 1.165) is 6.07 Å². The molecule has 0 aromatic heterocycles. The maximum Gasteiger partial charge on any atom is 0.256 e. The fraction of sp³-hybridized carbons (Fsp3) is 0.364. The predicted octanol–water partition coefficient (Wildman–Crippen LogP) is 3.18. The number of alkyl halides is 1. The second kappa shape index (κ2) is 5.51. The molecule has 0 heterocycles. The van der Waals surface area contributed by atoms with E-state index in [9.17, 15) is 9.18 Å². The number of amides is 1. The molecule has 1 rings (SSSR count). The third-order valence-electron chi connectivity index (χ3n) is 2.37. The SMILES string of the molecule is CC(CCl)N(C)C(=O)c1ccc(Cl)cc1F. The Bertz CT molecular complexity index is 398. The summed E-state index contributed by atoms with van der Waals surface area (Å²) in [5.74, 6) is -0.717. The number of carbonyl (C=O) groups excluding carboxylic acids is 1. The van der Waals surface area contributed by atoms with Crippen LogP contribution in [0.15, 0.2) is 18.2 Å². The summed E-state index contributed by atoms with van der Waals surface area (Å²) in [6.45, 7) is 1.79. The lowest BCUT2D eigenvalue weighted by molar-refractivity contribution is 0.0752. The summed E-state index contributed by atoms with van der Waals surface area (Å²) in [5, 5.41) is 0.266. The first-order chi connectivity index (χ1) is 7.47. The van der Waals surface area contributed by atoms with Crippen LogP contribution in [0, 0.1) is 5.82 Å². The highest BCUT2D eigenvalue weighted by molar-refractivity contribution is 6.30. The number of benzene rings is 1. The molecular formula is C11H12Cl2FNO. The van der Waals surface area contributed by atoms with Crippen molar-refractivity contribution in [3.63, 3.8) is 0 Å². The average molecular weight is 264 g/mol. The monoisotopic (exact) mass is 263 g/mol. The third-order valence-corrected chi connectivity index (χ3v) is 3.05. The van der Waals surface area contributed by atoms with Crippen molar-refractivity contribution in [3.05, 3.63) is 34.6 Å². The molecule has 0 saturated carbocycles. The molecule has 0 bridgehead atoms. The first-order valence-electron chi connectivity index (χ1n) is 4.75. The van der Waals surface area contributed by atoms with Crippen molar-refractivity contribution >= 4 is 29.1 Å². The molecule has 88 valence electrons. The van der Waals surface area contributed by atoms with Gasteiger partial charge in [-0.3, -0.25) is 4.79 Å². The second-order valence-electron chi connectivity index (χ2n) is 3.54. The van der Waals surface area contributed by atoms with Gasteiger partial charge in [-0.2, -0.15) is 0 Å². The van der Waals surface area contributed by atoms with E-state index in [4.69, 9.17) is 23.2 Å². The summed E-state index contributed by atoms with van der Waals surface area (Å²) < 4.78 is 13.5. The summed E-state index contributed by atoms with van der Waals surface area (Å²) in [4.78, 5) is 13.3. The van der Waals surface area contributed by atoms with Crippen LogP contribution in [-0.4, -0.2) is 29.8 Å². The van der Waals surface area contributed by atoms with Crippen LogP contribution in [0.4, 0.5) is 4.39 Å². The summed E-state index contributed by atoms with van der Waals surface area (Å²) in [5.41, 5.74) is 0.00358. The standard InChI is InChI=1S/C11H12Cl2FNO/c1-7(6-12)15(2)11(16)9-4-3-8(13)5-10(9)14/h3-5,7H,6H2,1-2H3. The molecule has 1 amide bonds. The van der Waals surface area contributed by atoms with E-state index in [2.05, 4.69) is 0 Å². The molecule has 1 aromatic rings. The molecule has 1 unspecified atom stereocenters. The van der Waals surface area contributed by atoms with Crippen LogP contribution in [0.5, 0.6) is 0 Å². The smallest absolute Gasteiger partial charge is 0.256 e. The highest BCUT2D eigenvalue weighted by atomic mass is 35.5. The average Bonchev–Trinajstić information content (AvgIpc) is 2.26. The molecule has 0 spiro atoms. The normalized spacial score (nSPS) is 12.3. The Balaban J connectivity index is 2.96. The summed E-state index contributed by atoms with van der Waals surface area (Å²) in [6.07, 6.45) is 0. The van der Waals surface area contributed by atoms with Crippen LogP contribution in [0.2, 0.25) is 5.02 Å². The fourth-order valence-corrected chi connectivity index (χ4v) is 1.52. The van der Waals surface area contributed by atoms with E-state index in [1.165, 1.54) is 17.0 Å². The number of rotatable bonds is 3. The third kappa shape index (κ3) is 2.86. The quantitative estimate of drug-likeness (QED) is 0.768. The van der Waals surface area contributed by atoms with Crippen molar-refractivity contribution in [2.45, 2.75) is 13.0 Å². The van der Waals surface area contributed by atoms with Gasteiger partial charge in [-0.25, -0.2) is 4.39 Å². The molecule has 2 nitrogen and oxygen atoms in total. The molecule has 0 aliphatic carbocycles. The maximum absolute atomic E-state index is 13.5. The van der Waals surface area contributed by atoms with Gasteiger partial charge in [0, 0.05) is 24.0 Å². The van der Waals surface area contributed by atoms with E-state index in [0.29, 0.717) is 5.88 Å². The highest BCUT2D eigenvalue weighted by Crippen LogP contribution is 2.16. The Morgan fingerprint density at radius 3 is 2.69 bits per heavy atom. The largest absolute Gasteiger partial charge is 0.338 e. The van der Waals surface area contributed by atoms with Gasteiger partial charge >= 0.3 is 0 Å². The Kier molecular flexibility index (Phi) is 4.56. The molecule has 0 saturated heterocycles. The van der Waals surface area contributed by atoms with Gasteiger partial charge in [-0.1, -0.05) is 11.6 Å². The zero-order chi connectivity index (χ0) is 12.3. The Morgan fingerprint density at radius 2 is 2.19 bits per heavy atom. The molecular weight excluding hydrogens is 252 g/mol. The lowest BCUT2D eigenvalue weighted by atomic mass is 10.1. The van der Waals surface area contributed by atoms with Crippen LogP contribution in [0.3, 0.4) is 0 Å². The van der Waals surface area contributed by atoms with E-state index in [1.807, 2.05) is 0 Å². The van der Waals surface area contributed by atoms with E-state index in [-0.39, 0.29) is 16.6 Å². The van der Waals surface area contributed by atoms with Crippen LogP contribution >= 0.6 is 23.2 Å².